The van der Waals surface area contributed by atoms with Crippen molar-refractivity contribution in [3.63, 3.8) is 0 Å². The second-order valence-electron chi connectivity index (χ2n) is 4.98. The highest BCUT2D eigenvalue weighted by atomic mass is 79.9. The lowest BCUT2D eigenvalue weighted by molar-refractivity contribution is 0.649. The summed E-state index contributed by atoms with van der Waals surface area (Å²) in [7, 11) is -1.03. The van der Waals surface area contributed by atoms with Crippen molar-refractivity contribution in [2.24, 2.45) is 0 Å². The summed E-state index contributed by atoms with van der Waals surface area (Å²) in [6.07, 6.45) is 0. The first-order valence-corrected chi connectivity index (χ1v) is 7.44. The third kappa shape index (κ3) is 2.45. The van der Waals surface area contributed by atoms with Gasteiger partial charge in [0, 0.05) is 9.22 Å². The van der Waals surface area contributed by atoms with Crippen LogP contribution in [0.4, 0.5) is 0 Å². The fourth-order valence-electron chi connectivity index (χ4n) is 1.71. The van der Waals surface area contributed by atoms with Gasteiger partial charge in [-0.15, -0.1) is 0 Å². The van der Waals surface area contributed by atoms with E-state index in [9.17, 15) is 4.21 Å². The van der Waals surface area contributed by atoms with Gasteiger partial charge in [-0.05, 0) is 53.5 Å². The minimum Gasteiger partial charge on any atom is -0.254 e. The molecule has 3 heteroatoms. The van der Waals surface area contributed by atoms with E-state index in [2.05, 4.69) is 15.9 Å². The van der Waals surface area contributed by atoms with Gasteiger partial charge >= 0.3 is 0 Å². The van der Waals surface area contributed by atoms with Gasteiger partial charge in [0.25, 0.3) is 0 Å². The van der Waals surface area contributed by atoms with Gasteiger partial charge in [-0.2, -0.15) is 0 Å². The number of benzene rings is 2. The molecule has 2 aromatic carbocycles. The van der Waals surface area contributed by atoms with Gasteiger partial charge in [0.2, 0.25) is 0 Å². The smallest absolute Gasteiger partial charge is 0.0613 e. The summed E-state index contributed by atoms with van der Waals surface area (Å²) in [5.41, 5.74) is 0. The van der Waals surface area contributed by atoms with E-state index < -0.39 is 10.8 Å². The molecule has 0 spiro atoms. The second-order valence-corrected chi connectivity index (χ2v) is 8.00. The first-order valence-electron chi connectivity index (χ1n) is 5.50. The average molecular weight is 311 g/mol. The Hall–Kier alpha value is -0.670. The summed E-state index contributed by atoms with van der Waals surface area (Å²) in [5, 5.41) is 2.19. The maximum Gasteiger partial charge on any atom is 0.0613 e. The van der Waals surface area contributed by atoms with Crippen LogP contribution < -0.4 is 0 Å². The van der Waals surface area contributed by atoms with E-state index in [0.717, 1.165) is 20.1 Å². The normalized spacial score (nSPS) is 13.9. The van der Waals surface area contributed by atoms with Crippen molar-refractivity contribution in [2.45, 2.75) is 30.4 Å². The minimum atomic E-state index is -1.03. The van der Waals surface area contributed by atoms with Crippen molar-refractivity contribution < 1.29 is 4.21 Å². The molecule has 0 aliphatic carbocycles. The van der Waals surface area contributed by atoms with Crippen molar-refractivity contribution >= 4 is 37.5 Å². The molecule has 0 unspecified atom stereocenters. The Bertz CT molecular complexity index is 584. The lowest BCUT2D eigenvalue weighted by atomic mass is 10.1. The third-order valence-corrected chi connectivity index (χ3v) is 5.42. The standard InChI is InChI=1S/C14H15BrOS/c1-14(2,3)17(16)13-11-7-5-4-6-10(11)8-9-12(13)15/h4-9H,1-3H3/t17-/m0/s1. The summed E-state index contributed by atoms with van der Waals surface area (Å²) in [5.74, 6) is 0. The highest BCUT2D eigenvalue weighted by molar-refractivity contribution is 9.10. The summed E-state index contributed by atoms with van der Waals surface area (Å²) >= 11 is 3.52. The molecule has 0 aromatic heterocycles. The predicted molar refractivity (Wildman–Crippen MR) is 77.8 cm³/mol. The molecule has 0 N–H and O–H groups in total. The Morgan fingerprint density at radius 1 is 1.06 bits per heavy atom. The first kappa shape index (κ1) is 12.8. The number of fused-ring (bicyclic) bond motifs is 1. The van der Waals surface area contributed by atoms with Crippen LogP contribution in [0, 0.1) is 0 Å². The van der Waals surface area contributed by atoms with Crippen molar-refractivity contribution in [2.75, 3.05) is 0 Å². The fourth-order valence-corrected chi connectivity index (χ4v) is 3.74. The Labute approximate surface area is 113 Å². The van der Waals surface area contributed by atoms with E-state index in [0.29, 0.717) is 0 Å². The molecule has 0 bridgehead atoms. The maximum absolute atomic E-state index is 12.6. The predicted octanol–water partition coefficient (Wildman–Crippen LogP) is 4.51. The molecular formula is C14H15BrOS. The fraction of sp³-hybridized carbons (Fsp3) is 0.286. The molecular weight excluding hydrogens is 296 g/mol. The molecule has 17 heavy (non-hydrogen) atoms. The monoisotopic (exact) mass is 310 g/mol. The number of hydrogen-bond acceptors (Lipinski definition) is 1. The molecule has 0 aliphatic heterocycles. The van der Waals surface area contributed by atoms with Crippen LogP contribution in [0.3, 0.4) is 0 Å². The van der Waals surface area contributed by atoms with Crippen LogP contribution in [0.1, 0.15) is 20.8 Å². The Balaban J connectivity index is 2.76. The topological polar surface area (TPSA) is 17.1 Å². The van der Waals surface area contributed by atoms with Crippen molar-refractivity contribution in [3.05, 3.63) is 40.9 Å². The van der Waals surface area contributed by atoms with E-state index in [-0.39, 0.29) is 4.75 Å². The van der Waals surface area contributed by atoms with Crippen LogP contribution >= 0.6 is 15.9 Å². The van der Waals surface area contributed by atoms with Crippen LogP contribution in [-0.2, 0) is 10.8 Å². The molecule has 1 atom stereocenters. The average Bonchev–Trinajstić information content (AvgIpc) is 2.27. The zero-order valence-electron chi connectivity index (χ0n) is 10.2. The molecule has 0 amide bonds. The lowest BCUT2D eigenvalue weighted by Crippen LogP contribution is -2.22. The Morgan fingerprint density at radius 2 is 1.71 bits per heavy atom. The molecule has 0 heterocycles. The van der Waals surface area contributed by atoms with E-state index in [1.165, 1.54) is 0 Å². The van der Waals surface area contributed by atoms with E-state index in [1.807, 2.05) is 57.2 Å². The van der Waals surface area contributed by atoms with Gasteiger partial charge < -0.3 is 0 Å². The van der Waals surface area contributed by atoms with Gasteiger partial charge in [-0.25, -0.2) is 0 Å². The van der Waals surface area contributed by atoms with Crippen LogP contribution in [-0.4, -0.2) is 8.96 Å². The molecule has 0 fully saturated rings. The van der Waals surface area contributed by atoms with Gasteiger partial charge in [0.15, 0.2) is 0 Å². The van der Waals surface area contributed by atoms with Crippen LogP contribution in [0.2, 0.25) is 0 Å². The molecule has 90 valence electrons. The molecule has 2 aromatic rings. The molecule has 2 rings (SSSR count). The van der Waals surface area contributed by atoms with Gasteiger partial charge in [0.05, 0.1) is 15.7 Å². The number of hydrogen-bond donors (Lipinski definition) is 0. The summed E-state index contributed by atoms with van der Waals surface area (Å²) in [6.45, 7) is 5.99. The molecule has 1 nitrogen and oxygen atoms in total. The number of halogens is 1. The minimum absolute atomic E-state index is 0.257. The highest BCUT2D eigenvalue weighted by Crippen LogP contribution is 2.33. The molecule has 0 saturated carbocycles. The maximum atomic E-state index is 12.6. The Kier molecular flexibility index (Phi) is 3.41. The zero-order chi connectivity index (χ0) is 12.6. The van der Waals surface area contributed by atoms with Crippen LogP contribution in [0.25, 0.3) is 10.8 Å². The summed E-state index contributed by atoms with van der Waals surface area (Å²) in [6, 6.07) is 12.1. The van der Waals surface area contributed by atoms with Crippen LogP contribution in [0.15, 0.2) is 45.8 Å². The van der Waals surface area contributed by atoms with E-state index >= 15 is 0 Å². The number of rotatable bonds is 1. The summed E-state index contributed by atoms with van der Waals surface area (Å²) in [4.78, 5) is 0.899. The Morgan fingerprint density at radius 3 is 2.35 bits per heavy atom. The van der Waals surface area contributed by atoms with Gasteiger partial charge in [-0.3, -0.25) is 4.21 Å². The van der Waals surface area contributed by atoms with E-state index in [1.54, 1.807) is 0 Å². The highest BCUT2D eigenvalue weighted by Gasteiger charge is 2.24. The largest absolute Gasteiger partial charge is 0.254 e. The van der Waals surface area contributed by atoms with Crippen LogP contribution in [0.5, 0.6) is 0 Å². The quantitative estimate of drug-likeness (QED) is 0.757. The van der Waals surface area contributed by atoms with Gasteiger partial charge in [0.1, 0.15) is 0 Å². The second kappa shape index (κ2) is 4.54. The lowest BCUT2D eigenvalue weighted by Gasteiger charge is -2.20. The van der Waals surface area contributed by atoms with Gasteiger partial charge in [-0.1, -0.05) is 30.3 Å². The summed E-state index contributed by atoms with van der Waals surface area (Å²) < 4.78 is 13.2. The first-order chi connectivity index (χ1) is 7.91. The molecule has 0 radical (unpaired) electrons. The third-order valence-electron chi connectivity index (χ3n) is 2.57. The van der Waals surface area contributed by atoms with Crippen molar-refractivity contribution in [1.82, 2.24) is 0 Å². The van der Waals surface area contributed by atoms with Crippen molar-refractivity contribution in [1.29, 1.82) is 0 Å². The SMILES string of the molecule is CC(C)(C)[S@@](=O)c1c(Br)ccc2ccccc12. The van der Waals surface area contributed by atoms with Crippen molar-refractivity contribution in [3.8, 4) is 0 Å². The zero-order valence-corrected chi connectivity index (χ0v) is 12.6. The molecule has 0 saturated heterocycles. The molecule has 0 aliphatic rings. The van der Waals surface area contributed by atoms with E-state index in [4.69, 9.17) is 0 Å².